The normalized spacial score (nSPS) is 21.0. The van der Waals surface area contributed by atoms with Crippen molar-refractivity contribution in [3.05, 3.63) is 41.6 Å². The number of para-hydroxylation sites is 1. The highest BCUT2D eigenvalue weighted by Crippen LogP contribution is 2.40. The zero-order valence-electron chi connectivity index (χ0n) is 13.9. The SMILES string of the molecule is NS(=O)(=O)C[C@@H]1CCN(C(=O)c2cc(C3CC3)nc3ccccc23)C1. The second-order valence-electron chi connectivity index (χ2n) is 7.12. The second-order valence-corrected chi connectivity index (χ2v) is 8.78. The van der Waals surface area contributed by atoms with E-state index in [1.54, 1.807) is 4.90 Å². The monoisotopic (exact) mass is 359 g/mol. The lowest BCUT2D eigenvalue weighted by molar-refractivity contribution is 0.0790. The van der Waals surface area contributed by atoms with Gasteiger partial charge in [-0.1, -0.05) is 18.2 Å². The lowest BCUT2D eigenvalue weighted by Gasteiger charge is -2.18. The Morgan fingerprint density at radius 1 is 1.24 bits per heavy atom. The third-order valence-corrected chi connectivity index (χ3v) is 5.94. The van der Waals surface area contributed by atoms with E-state index in [4.69, 9.17) is 10.1 Å². The summed E-state index contributed by atoms with van der Waals surface area (Å²) in [4.78, 5) is 19.5. The lowest BCUT2D eigenvalue weighted by Crippen LogP contribution is -2.31. The number of aromatic nitrogens is 1. The molecule has 7 heteroatoms. The van der Waals surface area contributed by atoms with Gasteiger partial charge in [-0.15, -0.1) is 0 Å². The Morgan fingerprint density at radius 3 is 2.72 bits per heavy atom. The molecule has 1 saturated carbocycles. The van der Waals surface area contributed by atoms with Gasteiger partial charge in [0.25, 0.3) is 5.91 Å². The molecule has 1 aliphatic carbocycles. The van der Waals surface area contributed by atoms with Crippen LogP contribution in [0.4, 0.5) is 0 Å². The van der Waals surface area contributed by atoms with E-state index < -0.39 is 10.0 Å². The Bertz CT molecular complexity index is 938. The maximum atomic E-state index is 13.1. The van der Waals surface area contributed by atoms with Crippen molar-refractivity contribution in [1.29, 1.82) is 0 Å². The molecule has 2 aliphatic rings. The molecule has 2 fully saturated rings. The summed E-state index contributed by atoms with van der Waals surface area (Å²) in [6.07, 6.45) is 2.92. The molecule has 1 saturated heterocycles. The summed E-state index contributed by atoms with van der Waals surface area (Å²) >= 11 is 0. The highest BCUT2D eigenvalue weighted by molar-refractivity contribution is 7.89. The Morgan fingerprint density at radius 2 is 2.00 bits per heavy atom. The molecular weight excluding hydrogens is 338 g/mol. The highest BCUT2D eigenvalue weighted by atomic mass is 32.2. The van der Waals surface area contributed by atoms with Crippen molar-refractivity contribution >= 4 is 26.8 Å². The van der Waals surface area contributed by atoms with Crippen LogP contribution < -0.4 is 5.14 Å². The Balaban J connectivity index is 1.64. The second kappa shape index (κ2) is 6.07. The number of fused-ring (bicyclic) bond motifs is 1. The average Bonchev–Trinajstić information content (AvgIpc) is 3.32. The van der Waals surface area contributed by atoms with Crippen molar-refractivity contribution in [3.8, 4) is 0 Å². The molecule has 1 aromatic heterocycles. The minimum absolute atomic E-state index is 0.0441. The quantitative estimate of drug-likeness (QED) is 0.902. The number of primary sulfonamides is 1. The lowest BCUT2D eigenvalue weighted by atomic mass is 10.0. The van der Waals surface area contributed by atoms with Gasteiger partial charge in [0.1, 0.15) is 0 Å². The van der Waals surface area contributed by atoms with Crippen LogP contribution in [-0.2, 0) is 10.0 Å². The van der Waals surface area contributed by atoms with E-state index >= 15 is 0 Å². The summed E-state index contributed by atoms with van der Waals surface area (Å²) < 4.78 is 22.6. The summed E-state index contributed by atoms with van der Waals surface area (Å²) in [7, 11) is -3.51. The maximum Gasteiger partial charge on any atom is 0.254 e. The first-order chi connectivity index (χ1) is 11.9. The molecule has 1 amide bonds. The predicted octanol–water partition coefficient (Wildman–Crippen LogP) is 1.86. The summed E-state index contributed by atoms with van der Waals surface area (Å²) in [6.45, 7) is 0.999. The number of amides is 1. The maximum absolute atomic E-state index is 13.1. The van der Waals surface area contributed by atoms with E-state index in [2.05, 4.69) is 0 Å². The van der Waals surface area contributed by atoms with Crippen molar-refractivity contribution in [3.63, 3.8) is 0 Å². The van der Waals surface area contributed by atoms with Gasteiger partial charge in [-0.3, -0.25) is 9.78 Å². The minimum Gasteiger partial charge on any atom is -0.338 e. The van der Waals surface area contributed by atoms with Gasteiger partial charge in [-0.25, -0.2) is 13.6 Å². The topological polar surface area (TPSA) is 93.4 Å². The van der Waals surface area contributed by atoms with Crippen molar-refractivity contribution in [2.24, 2.45) is 11.1 Å². The standard InChI is InChI=1S/C18H21N3O3S/c19-25(23,24)11-12-7-8-21(10-12)18(22)15-9-17(13-5-6-13)20-16-4-2-1-3-14(15)16/h1-4,9,12-13H,5-8,10-11H2,(H2,19,23,24)/t12-/m1/s1. The predicted molar refractivity (Wildman–Crippen MR) is 95.7 cm³/mol. The van der Waals surface area contributed by atoms with Crippen LogP contribution in [0.5, 0.6) is 0 Å². The molecule has 6 nitrogen and oxygen atoms in total. The molecule has 4 rings (SSSR count). The van der Waals surface area contributed by atoms with Crippen LogP contribution in [0.2, 0.25) is 0 Å². The van der Waals surface area contributed by atoms with Crippen molar-refractivity contribution < 1.29 is 13.2 Å². The van der Waals surface area contributed by atoms with Gasteiger partial charge >= 0.3 is 0 Å². The largest absolute Gasteiger partial charge is 0.338 e. The molecule has 2 heterocycles. The first kappa shape index (κ1) is 16.5. The smallest absolute Gasteiger partial charge is 0.254 e. The third-order valence-electron chi connectivity index (χ3n) is 5.00. The number of hydrogen-bond donors (Lipinski definition) is 1. The Kier molecular flexibility index (Phi) is 4.00. The van der Waals surface area contributed by atoms with Gasteiger partial charge in [0, 0.05) is 30.1 Å². The molecular formula is C18H21N3O3S. The number of likely N-dealkylation sites (tertiary alicyclic amines) is 1. The molecule has 132 valence electrons. The minimum atomic E-state index is -3.51. The Hall–Kier alpha value is -1.99. The van der Waals surface area contributed by atoms with Crippen LogP contribution in [-0.4, -0.2) is 43.1 Å². The summed E-state index contributed by atoms with van der Waals surface area (Å²) in [5.74, 6) is 0.263. The number of carbonyl (C=O) groups excluding carboxylic acids is 1. The molecule has 25 heavy (non-hydrogen) atoms. The fourth-order valence-electron chi connectivity index (χ4n) is 3.61. The number of pyridine rings is 1. The van der Waals surface area contributed by atoms with Crippen molar-refractivity contribution in [2.75, 3.05) is 18.8 Å². The molecule has 1 atom stereocenters. The van der Waals surface area contributed by atoms with Gasteiger partial charge < -0.3 is 4.90 Å². The highest BCUT2D eigenvalue weighted by Gasteiger charge is 2.32. The van der Waals surface area contributed by atoms with E-state index in [-0.39, 0.29) is 17.6 Å². The van der Waals surface area contributed by atoms with Crippen LogP contribution in [0.1, 0.15) is 41.2 Å². The summed E-state index contributed by atoms with van der Waals surface area (Å²) in [5, 5.41) is 6.00. The third kappa shape index (κ3) is 3.52. The number of rotatable bonds is 4. The van der Waals surface area contributed by atoms with Gasteiger partial charge in [-0.05, 0) is 37.3 Å². The molecule has 1 aromatic carbocycles. The summed E-state index contributed by atoms with van der Waals surface area (Å²) in [5.41, 5.74) is 2.50. The van der Waals surface area contributed by atoms with Crippen LogP contribution >= 0.6 is 0 Å². The van der Waals surface area contributed by atoms with E-state index in [1.807, 2.05) is 30.3 Å². The first-order valence-corrected chi connectivity index (χ1v) is 10.3. The van der Waals surface area contributed by atoms with Crippen LogP contribution in [0, 0.1) is 5.92 Å². The average molecular weight is 359 g/mol. The van der Waals surface area contributed by atoms with Crippen molar-refractivity contribution in [2.45, 2.75) is 25.2 Å². The number of benzene rings is 1. The van der Waals surface area contributed by atoms with E-state index in [0.29, 0.717) is 31.0 Å². The molecule has 0 unspecified atom stereocenters. The van der Waals surface area contributed by atoms with Crippen LogP contribution in [0.15, 0.2) is 30.3 Å². The number of carbonyl (C=O) groups is 1. The molecule has 0 spiro atoms. The van der Waals surface area contributed by atoms with E-state index in [1.165, 1.54) is 0 Å². The Labute approximate surface area is 147 Å². The van der Waals surface area contributed by atoms with Crippen molar-refractivity contribution in [1.82, 2.24) is 9.88 Å². The van der Waals surface area contributed by atoms with Gasteiger partial charge in [0.15, 0.2) is 0 Å². The molecule has 0 radical (unpaired) electrons. The molecule has 2 aromatic rings. The van der Waals surface area contributed by atoms with Gasteiger partial charge in [0.05, 0.1) is 16.8 Å². The van der Waals surface area contributed by atoms with Gasteiger partial charge in [-0.2, -0.15) is 0 Å². The zero-order chi connectivity index (χ0) is 17.6. The van der Waals surface area contributed by atoms with E-state index in [0.717, 1.165) is 29.4 Å². The number of hydrogen-bond acceptors (Lipinski definition) is 4. The summed E-state index contributed by atoms with van der Waals surface area (Å²) in [6, 6.07) is 9.62. The van der Waals surface area contributed by atoms with Crippen LogP contribution in [0.3, 0.4) is 0 Å². The number of nitrogens with zero attached hydrogens (tertiary/aromatic N) is 2. The zero-order valence-corrected chi connectivity index (χ0v) is 14.7. The number of sulfonamides is 1. The number of nitrogens with two attached hydrogens (primary N) is 1. The fourth-order valence-corrected chi connectivity index (χ4v) is 4.54. The van der Waals surface area contributed by atoms with E-state index in [9.17, 15) is 13.2 Å². The molecule has 2 N–H and O–H groups in total. The first-order valence-electron chi connectivity index (χ1n) is 8.60. The van der Waals surface area contributed by atoms with Gasteiger partial charge in [0.2, 0.25) is 10.0 Å². The molecule has 1 aliphatic heterocycles. The fraction of sp³-hybridized carbons (Fsp3) is 0.444. The van der Waals surface area contributed by atoms with Crippen LogP contribution in [0.25, 0.3) is 10.9 Å². The molecule has 0 bridgehead atoms.